The maximum absolute atomic E-state index is 12.1. The highest BCUT2D eigenvalue weighted by molar-refractivity contribution is 5.97. The van der Waals surface area contributed by atoms with Gasteiger partial charge in [-0.15, -0.1) is 0 Å². The molecule has 0 atom stereocenters. The van der Waals surface area contributed by atoms with E-state index in [0.29, 0.717) is 12.2 Å². The van der Waals surface area contributed by atoms with Gasteiger partial charge in [0.05, 0.1) is 12.2 Å². The van der Waals surface area contributed by atoms with E-state index in [1.54, 1.807) is 6.07 Å². The zero-order valence-corrected chi connectivity index (χ0v) is 13.0. The zero-order chi connectivity index (χ0) is 16.1. The van der Waals surface area contributed by atoms with Crippen LogP contribution in [0.3, 0.4) is 0 Å². The molecule has 23 heavy (non-hydrogen) atoms. The van der Waals surface area contributed by atoms with Crippen LogP contribution in [-0.2, 0) is 4.74 Å². The van der Waals surface area contributed by atoms with E-state index >= 15 is 0 Å². The van der Waals surface area contributed by atoms with Crippen molar-refractivity contribution in [1.82, 2.24) is 0 Å². The van der Waals surface area contributed by atoms with Crippen molar-refractivity contribution in [1.29, 1.82) is 0 Å². The largest absolute Gasteiger partial charge is 0.462 e. The van der Waals surface area contributed by atoms with Gasteiger partial charge in [-0.3, -0.25) is 0 Å². The van der Waals surface area contributed by atoms with Crippen molar-refractivity contribution in [3.63, 3.8) is 0 Å². The normalized spacial score (nSPS) is 10.3. The van der Waals surface area contributed by atoms with Crippen molar-refractivity contribution in [2.75, 3.05) is 6.61 Å². The minimum atomic E-state index is -0.282. The van der Waals surface area contributed by atoms with Crippen molar-refractivity contribution >= 4 is 5.97 Å². The number of benzene rings is 3. The average Bonchev–Trinajstić information content (AvgIpc) is 2.63. The van der Waals surface area contributed by atoms with E-state index in [2.05, 4.69) is 24.3 Å². The molecule has 0 heterocycles. The second-order valence-electron chi connectivity index (χ2n) is 5.21. The van der Waals surface area contributed by atoms with Gasteiger partial charge < -0.3 is 4.74 Å². The molecule has 114 valence electrons. The molecule has 2 heteroatoms. The summed E-state index contributed by atoms with van der Waals surface area (Å²) in [5, 5.41) is 0. The van der Waals surface area contributed by atoms with Gasteiger partial charge in [-0.05, 0) is 35.2 Å². The van der Waals surface area contributed by atoms with E-state index in [9.17, 15) is 4.79 Å². The number of hydrogen-bond acceptors (Lipinski definition) is 2. The molecule has 0 bridgehead atoms. The summed E-state index contributed by atoms with van der Waals surface area (Å²) in [6, 6.07) is 26.0. The summed E-state index contributed by atoms with van der Waals surface area (Å²) < 4.78 is 5.14. The number of esters is 1. The number of hydrogen-bond donors (Lipinski definition) is 0. The smallest absolute Gasteiger partial charge is 0.338 e. The van der Waals surface area contributed by atoms with Gasteiger partial charge in [-0.2, -0.15) is 0 Å². The van der Waals surface area contributed by atoms with Gasteiger partial charge in [-0.25, -0.2) is 4.79 Å². The number of ether oxygens (including phenoxy) is 1. The third kappa shape index (κ3) is 3.32. The lowest BCUT2D eigenvalue weighted by Crippen LogP contribution is -2.06. The highest BCUT2D eigenvalue weighted by Crippen LogP contribution is 2.27. The van der Waals surface area contributed by atoms with Crippen LogP contribution in [0.2, 0.25) is 0 Å². The molecule has 0 aliphatic rings. The van der Waals surface area contributed by atoms with Crippen LogP contribution in [0.5, 0.6) is 0 Å². The summed E-state index contributed by atoms with van der Waals surface area (Å²) in [4.78, 5) is 12.1. The van der Waals surface area contributed by atoms with Crippen molar-refractivity contribution in [3.05, 3.63) is 84.4 Å². The molecule has 3 rings (SSSR count). The number of carbonyl (C=O) groups excluding carboxylic acids is 1. The Morgan fingerprint density at radius 2 is 1.30 bits per heavy atom. The molecule has 0 saturated carbocycles. The van der Waals surface area contributed by atoms with Gasteiger partial charge >= 0.3 is 5.97 Å². The molecule has 0 aliphatic carbocycles. The molecule has 2 nitrogen and oxygen atoms in total. The topological polar surface area (TPSA) is 26.3 Å². The second-order valence-corrected chi connectivity index (χ2v) is 5.21. The first-order valence-electron chi connectivity index (χ1n) is 7.71. The summed E-state index contributed by atoms with van der Waals surface area (Å²) in [7, 11) is 0. The molecular formula is C21H18O2. The molecule has 0 N–H and O–H groups in total. The van der Waals surface area contributed by atoms with Crippen LogP contribution in [0.25, 0.3) is 22.3 Å². The zero-order valence-electron chi connectivity index (χ0n) is 13.0. The van der Waals surface area contributed by atoms with Gasteiger partial charge in [0.2, 0.25) is 0 Å². The molecule has 0 saturated heterocycles. The summed E-state index contributed by atoms with van der Waals surface area (Å²) in [5.41, 5.74) is 4.83. The molecule has 3 aromatic carbocycles. The first kappa shape index (κ1) is 15.0. The SMILES string of the molecule is CCOC(=O)c1ccccc1-c1ccc(-c2ccccc2)cc1. The van der Waals surface area contributed by atoms with Gasteiger partial charge in [0.1, 0.15) is 0 Å². The summed E-state index contributed by atoms with van der Waals surface area (Å²) in [6.07, 6.45) is 0. The van der Waals surface area contributed by atoms with Crippen LogP contribution in [0.15, 0.2) is 78.9 Å². The van der Waals surface area contributed by atoms with Crippen molar-refractivity contribution in [2.45, 2.75) is 6.92 Å². The van der Waals surface area contributed by atoms with E-state index in [1.165, 1.54) is 5.56 Å². The van der Waals surface area contributed by atoms with E-state index in [4.69, 9.17) is 4.74 Å². The quantitative estimate of drug-likeness (QED) is 0.619. The Morgan fingerprint density at radius 1 is 0.739 bits per heavy atom. The number of rotatable bonds is 4. The lowest BCUT2D eigenvalue weighted by atomic mass is 9.97. The molecule has 0 radical (unpaired) electrons. The lowest BCUT2D eigenvalue weighted by molar-refractivity contribution is 0.0527. The molecule has 0 spiro atoms. The van der Waals surface area contributed by atoms with E-state index in [0.717, 1.165) is 16.7 Å². The molecule has 0 unspecified atom stereocenters. The Bertz CT molecular complexity index is 790. The minimum Gasteiger partial charge on any atom is -0.462 e. The van der Waals surface area contributed by atoms with Gasteiger partial charge in [0, 0.05) is 0 Å². The molecular weight excluding hydrogens is 284 g/mol. The average molecular weight is 302 g/mol. The van der Waals surface area contributed by atoms with Gasteiger partial charge in [0.25, 0.3) is 0 Å². The van der Waals surface area contributed by atoms with Crippen LogP contribution in [-0.4, -0.2) is 12.6 Å². The van der Waals surface area contributed by atoms with E-state index < -0.39 is 0 Å². The molecule has 0 amide bonds. The van der Waals surface area contributed by atoms with Crippen LogP contribution in [0.4, 0.5) is 0 Å². The van der Waals surface area contributed by atoms with Crippen molar-refractivity contribution < 1.29 is 9.53 Å². The highest BCUT2D eigenvalue weighted by Gasteiger charge is 2.13. The lowest BCUT2D eigenvalue weighted by Gasteiger charge is -2.10. The highest BCUT2D eigenvalue weighted by atomic mass is 16.5. The predicted octanol–water partition coefficient (Wildman–Crippen LogP) is 5.20. The minimum absolute atomic E-state index is 0.282. The molecule has 0 fully saturated rings. The Labute approximate surface area is 136 Å². The van der Waals surface area contributed by atoms with Crippen LogP contribution >= 0.6 is 0 Å². The second kappa shape index (κ2) is 6.93. The molecule has 3 aromatic rings. The third-order valence-corrected chi connectivity index (χ3v) is 3.73. The third-order valence-electron chi connectivity index (χ3n) is 3.73. The molecule has 0 aliphatic heterocycles. The predicted molar refractivity (Wildman–Crippen MR) is 93.3 cm³/mol. The fourth-order valence-corrected chi connectivity index (χ4v) is 2.59. The van der Waals surface area contributed by atoms with Crippen LogP contribution < -0.4 is 0 Å². The van der Waals surface area contributed by atoms with E-state index in [1.807, 2.05) is 55.5 Å². The Hall–Kier alpha value is -2.87. The maximum atomic E-state index is 12.1. The van der Waals surface area contributed by atoms with Gasteiger partial charge in [0.15, 0.2) is 0 Å². The fourth-order valence-electron chi connectivity index (χ4n) is 2.59. The Morgan fingerprint density at radius 3 is 2.00 bits per heavy atom. The van der Waals surface area contributed by atoms with E-state index in [-0.39, 0.29) is 5.97 Å². The van der Waals surface area contributed by atoms with Gasteiger partial charge in [-0.1, -0.05) is 72.8 Å². The fraction of sp³-hybridized carbons (Fsp3) is 0.0952. The summed E-state index contributed by atoms with van der Waals surface area (Å²) >= 11 is 0. The first-order valence-corrected chi connectivity index (χ1v) is 7.71. The standard InChI is InChI=1S/C21H18O2/c1-2-23-21(22)20-11-7-6-10-19(20)18-14-12-17(13-15-18)16-8-4-3-5-9-16/h3-15H,2H2,1H3. The van der Waals surface area contributed by atoms with Crippen molar-refractivity contribution in [3.8, 4) is 22.3 Å². The maximum Gasteiger partial charge on any atom is 0.338 e. The van der Waals surface area contributed by atoms with Crippen LogP contribution in [0.1, 0.15) is 17.3 Å². The van der Waals surface area contributed by atoms with Crippen molar-refractivity contribution in [2.24, 2.45) is 0 Å². The Kier molecular flexibility index (Phi) is 4.53. The summed E-state index contributed by atoms with van der Waals surface area (Å²) in [6.45, 7) is 2.19. The summed E-state index contributed by atoms with van der Waals surface area (Å²) in [5.74, 6) is -0.282. The van der Waals surface area contributed by atoms with Crippen LogP contribution in [0, 0.1) is 0 Å². The molecule has 0 aromatic heterocycles. The number of carbonyl (C=O) groups is 1. The monoisotopic (exact) mass is 302 g/mol. The Balaban J connectivity index is 1.96. The first-order chi connectivity index (χ1) is 11.3.